The maximum Gasteiger partial charge on any atom is 0.151 e. The van der Waals surface area contributed by atoms with Gasteiger partial charge >= 0.3 is 0 Å². The molecule has 1 atom stereocenters. The lowest BCUT2D eigenvalue weighted by Gasteiger charge is -2.33. The lowest BCUT2D eigenvalue weighted by atomic mass is 9.79. The molecule has 2 nitrogen and oxygen atoms in total. The molecule has 1 aliphatic heterocycles. The van der Waals surface area contributed by atoms with E-state index in [2.05, 4.69) is 86.4 Å². The summed E-state index contributed by atoms with van der Waals surface area (Å²) >= 11 is 0. The summed E-state index contributed by atoms with van der Waals surface area (Å²) in [5.41, 5.74) is 3.29. The fourth-order valence-corrected chi connectivity index (χ4v) is 3.22. The summed E-state index contributed by atoms with van der Waals surface area (Å²) < 4.78 is 6.24. The molecule has 0 amide bonds. The van der Waals surface area contributed by atoms with Gasteiger partial charge in [0.15, 0.2) is 11.5 Å². The number of para-hydroxylation sites is 3. The number of ether oxygens (including phenoxy) is 1. The van der Waals surface area contributed by atoms with Crippen LogP contribution in [0.3, 0.4) is 0 Å². The smallest absolute Gasteiger partial charge is 0.151 e. The molecule has 1 aliphatic carbocycles. The molecule has 126 valence electrons. The van der Waals surface area contributed by atoms with E-state index in [1.807, 2.05) is 18.2 Å². The van der Waals surface area contributed by atoms with E-state index >= 15 is 0 Å². The Hall–Kier alpha value is -2.74. The number of nitrogens with zero attached hydrogens (tertiary/aromatic N) is 1. The minimum absolute atomic E-state index is 0.00917. The first-order valence-electron chi connectivity index (χ1n) is 8.83. The zero-order valence-corrected chi connectivity index (χ0v) is 14.9. The van der Waals surface area contributed by atoms with Gasteiger partial charge in [-0.1, -0.05) is 63.3 Å². The van der Waals surface area contributed by atoms with Gasteiger partial charge in [-0.05, 0) is 42.3 Å². The van der Waals surface area contributed by atoms with Gasteiger partial charge in [-0.2, -0.15) is 0 Å². The second-order valence-corrected chi connectivity index (χ2v) is 7.18. The van der Waals surface area contributed by atoms with Gasteiger partial charge in [-0.15, -0.1) is 0 Å². The zero-order valence-electron chi connectivity index (χ0n) is 14.9. The average molecular weight is 329 g/mol. The molecule has 0 saturated carbocycles. The summed E-state index contributed by atoms with van der Waals surface area (Å²) in [6.45, 7) is 6.77. The van der Waals surface area contributed by atoms with Crippen LogP contribution in [0.5, 0.6) is 5.75 Å². The van der Waals surface area contributed by atoms with E-state index in [1.165, 1.54) is 0 Å². The molecular formula is C23H23NO. The van der Waals surface area contributed by atoms with E-state index in [9.17, 15) is 0 Å². The van der Waals surface area contributed by atoms with Gasteiger partial charge in [0.2, 0.25) is 0 Å². The molecule has 2 aromatic carbocycles. The minimum atomic E-state index is 0.00917. The number of benzene rings is 2. The van der Waals surface area contributed by atoms with E-state index in [4.69, 9.17) is 4.74 Å². The summed E-state index contributed by atoms with van der Waals surface area (Å²) in [6, 6.07) is 18.7. The van der Waals surface area contributed by atoms with Gasteiger partial charge in [0.25, 0.3) is 0 Å². The Kier molecular flexibility index (Phi) is 3.76. The van der Waals surface area contributed by atoms with Crippen molar-refractivity contribution in [2.75, 3.05) is 4.90 Å². The molecule has 1 heterocycles. The summed E-state index contributed by atoms with van der Waals surface area (Å²) in [7, 11) is 0. The fourth-order valence-electron chi connectivity index (χ4n) is 3.22. The second kappa shape index (κ2) is 5.96. The standard InChI is InChI=1S/C23H23NO/c1-17(2)23(3)15-13-20-22(14-16-23)25-21-12-8-7-11-19(21)24(20)18-9-5-4-6-10-18/h4-17H,1-3H3. The van der Waals surface area contributed by atoms with Gasteiger partial charge in [0.05, 0.1) is 11.4 Å². The third-order valence-electron chi connectivity index (χ3n) is 5.27. The largest absolute Gasteiger partial charge is 0.453 e. The zero-order chi connectivity index (χ0) is 17.4. The van der Waals surface area contributed by atoms with Crippen LogP contribution in [0.4, 0.5) is 11.4 Å². The van der Waals surface area contributed by atoms with Crippen molar-refractivity contribution in [2.45, 2.75) is 20.8 Å². The Morgan fingerprint density at radius 3 is 2.32 bits per heavy atom. The highest BCUT2D eigenvalue weighted by atomic mass is 16.5. The third kappa shape index (κ3) is 2.68. The number of rotatable bonds is 2. The fraction of sp³-hybridized carbons (Fsp3) is 0.217. The first-order chi connectivity index (χ1) is 12.1. The Balaban J connectivity index is 1.89. The first-order valence-corrected chi connectivity index (χ1v) is 8.83. The quantitative estimate of drug-likeness (QED) is 0.649. The van der Waals surface area contributed by atoms with Gasteiger partial charge in [-0.25, -0.2) is 0 Å². The van der Waals surface area contributed by atoms with Gasteiger partial charge in [0.1, 0.15) is 0 Å². The third-order valence-corrected chi connectivity index (χ3v) is 5.27. The molecule has 2 aliphatic rings. The molecule has 0 saturated heterocycles. The van der Waals surface area contributed by atoms with Crippen LogP contribution in [0, 0.1) is 11.3 Å². The predicted molar refractivity (Wildman–Crippen MR) is 104 cm³/mol. The van der Waals surface area contributed by atoms with Crippen molar-refractivity contribution in [1.29, 1.82) is 0 Å². The Morgan fingerprint density at radius 2 is 1.56 bits per heavy atom. The average Bonchev–Trinajstić information content (AvgIpc) is 2.81. The Bertz CT molecular complexity index is 876. The lowest BCUT2D eigenvalue weighted by molar-refractivity contribution is 0.381. The molecule has 0 aromatic heterocycles. The van der Waals surface area contributed by atoms with E-state index in [-0.39, 0.29) is 5.41 Å². The van der Waals surface area contributed by atoms with Crippen LogP contribution in [0.15, 0.2) is 90.4 Å². The summed E-state index contributed by atoms with van der Waals surface area (Å²) in [5, 5.41) is 0. The van der Waals surface area contributed by atoms with Crippen LogP contribution >= 0.6 is 0 Å². The van der Waals surface area contributed by atoms with Crippen molar-refractivity contribution in [3.8, 4) is 5.75 Å². The van der Waals surface area contributed by atoms with Gasteiger partial charge in [0, 0.05) is 11.1 Å². The van der Waals surface area contributed by atoms with Crippen molar-refractivity contribution in [3.63, 3.8) is 0 Å². The number of allylic oxidation sites excluding steroid dienone is 4. The molecule has 2 aromatic rings. The van der Waals surface area contributed by atoms with E-state index < -0.39 is 0 Å². The van der Waals surface area contributed by atoms with Crippen molar-refractivity contribution in [3.05, 3.63) is 90.4 Å². The molecule has 4 rings (SSSR count). The highest BCUT2D eigenvalue weighted by Crippen LogP contribution is 2.45. The molecule has 1 unspecified atom stereocenters. The minimum Gasteiger partial charge on any atom is -0.453 e. The molecule has 0 bridgehead atoms. The number of hydrogen-bond acceptors (Lipinski definition) is 2. The number of fused-ring (bicyclic) bond motifs is 1. The van der Waals surface area contributed by atoms with E-state index in [0.29, 0.717) is 5.92 Å². The first kappa shape index (κ1) is 15.8. The van der Waals surface area contributed by atoms with Crippen molar-refractivity contribution < 1.29 is 4.74 Å². The molecule has 0 radical (unpaired) electrons. The molecule has 0 N–H and O–H groups in total. The van der Waals surface area contributed by atoms with Crippen LogP contribution in [-0.2, 0) is 0 Å². The Labute approximate surface area is 149 Å². The number of hydrogen-bond donors (Lipinski definition) is 0. The number of anilines is 2. The summed E-state index contributed by atoms with van der Waals surface area (Å²) in [5.74, 6) is 2.29. The molecule has 2 heteroatoms. The molecular weight excluding hydrogens is 306 g/mol. The highest BCUT2D eigenvalue weighted by molar-refractivity contribution is 5.77. The Morgan fingerprint density at radius 1 is 0.880 bits per heavy atom. The van der Waals surface area contributed by atoms with Gasteiger partial charge < -0.3 is 9.64 Å². The molecule has 0 spiro atoms. The van der Waals surface area contributed by atoms with Crippen LogP contribution in [0.25, 0.3) is 0 Å². The van der Waals surface area contributed by atoms with Gasteiger partial charge in [-0.3, -0.25) is 0 Å². The second-order valence-electron chi connectivity index (χ2n) is 7.18. The maximum atomic E-state index is 6.24. The van der Waals surface area contributed by atoms with Crippen LogP contribution in [0.2, 0.25) is 0 Å². The normalized spacial score (nSPS) is 21.7. The lowest BCUT2D eigenvalue weighted by Crippen LogP contribution is -2.23. The highest BCUT2D eigenvalue weighted by Gasteiger charge is 2.30. The van der Waals surface area contributed by atoms with Crippen molar-refractivity contribution in [1.82, 2.24) is 0 Å². The molecule has 0 fully saturated rings. The summed E-state index contributed by atoms with van der Waals surface area (Å²) in [4.78, 5) is 2.28. The SMILES string of the molecule is CC(C)C1(C)C=CC2=C(C=C1)N(c1ccccc1)c1ccccc1O2. The summed E-state index contributed by atoms with van der Waals surface area (Å²) in [6.07, 6.45) is 8.89. The molecule has 25 heavy (non-hydrogen) atoms. The van der Waals surface area contributed by atoms with Crippen molar-refractivity contribution in [2.24, 2.45) is 11.3 Å². The maximum absolute atomic E-state index is 6.24. The van der Waals surface area contributed by atoms with Crippen LogP contribution in [-0.4, -0.2) is 0 Å². The topological polar surface area (TPSA) is 12.5 Å². The van der Waals surface area contributed by atoms with E-state index in [0.717, 1.165) is 28.6 Å². The van der Waals surface area contributed by atoms with Crippen molar-refractivity contribution >= 4 is 11.4 Å². The monoisotopic (exact) mass is 329 g/mol. The van der Waals surface area contributed by atoms with Crippen LogP contribution < -0.4 is 9.64 Å². The van der Waals surface area contributed by atoms with Crippen LogP contribution in [0.1, 0.15) is 20.8 Å². The predicted octanol–water partition coefficient (Wildman–Crippen LogP) is 6.22. The van der Waals surface area contributed by atoms with E-state index in [1.54, 1.807) is 0 Å².